The number of nitriles is 1. The standard InChI is InChI=1S/C15H11N3O3/c16-7-10-6-9-2-1-3-12(9)18-14(10)21-13-8-17-5-4-11(13)15(19)20/h4-6,8H,1-3H2,(H,19,20). The number of ether oxygens (including phenoxy) is 1. The van der Waals surface area contributed by atoms with Gasteiger partial charge < -0.3 is 9.84 Å². The van der Waals surface area contributed by atoms with Crippen molar-refractivity contribution in [3.63, 3.8) is 0 Å². The third kappa shape index (κ3) is 2.41. The van der Waals surface area contributed by atoms with Crippen LogP contribution in [0.2, 0.25) is 0 Å². The second-order valence-electron chi connectivity index (χ2n) is 4.69. The maximum Gasteiger partial charge on any atom is 0.339 e. The van der Waals surface area contributed by atoms with Crippen LogP contribution in [0, 0.1) is 11.3 Å². The lowest BCUT2D eigenvalue weighted by Crippen LogP contribution is -2.03. The highest BCUT2D eigenvalue weighted by atomic mass is 16.5. The van der Waals surface area contributed by atoms with Crippen molar-refractivity contribution >= 4 is 5.97 Å². The van der Waals surface area contributed by atoms with Crippen LogP contribution in [0.1, 0.15) is 33.6 Å². The van der Waals surface area contributed by atoms with Crippen molar-refractivity contribution in [1.82, 2.24) is 9.97 Å². The molecule has 0 amide bonds. The van der Waals surface area contributed by atoms with E-state index in [0.29, 0.717) is 5.56 Å². The Morgan fingerprint density at radius 1 is 1.43 bits per heavy atom. The molecule has 0 saturated carbocycles. The van der Waals surface area contributed by atoms with Crippen LogP contribution < -0.4 is 4.74 Å². The van der Waals surface area contributed by atoms with E-state index in [1.54, 1.807) is 6.07 Å². The SMILES string of the molecule is N#Cc1cc2c(nc1Oc1cnccc1C(=O)O)CCC2. The molecular formula is C15H11N3O3. The van der Waals surface area contributed by atoms with Crippen LogP contribution in [0.5, 0.6) is 11.6 Å². The molecule has 21 heavy (non-hydrogen) atoms. The Morgan fingerprint density at radius 2 is 2.29 bits per heavy atom. The molecular weight excluding hydrogens is 270 g/mol. The van der Waals surface area contributed by atoms with Gasteiger partial charge >= 0.3 is 5.97 Å². The number of pyridine rings is 2. The molecule has 0 spiro atoms. The zero-order valence-corrected chi connectivity index (χ0v) is 11.0. The van der Waals surface area contributed by atoms with Crippen LogP contribution in [0.3, 0.4) is 0 Å². The molecule has 2 heterocycles. The molecule has 0 aromatic carbocycles. The number of nitrogens with zero attached hydrogens (tertiary/aromatic N) is 3. The number of carbonyl (C=O) groups is 1. The summed E-state index contributed by atoms with van der Waals surface area (Å²) in [6.07, 6.45) is 5.43. The van der Waals surface area contributed by atoms with Gasteiger partial charge in [-0.3, -0.25) is 4.98 Å². The molecule has 0 saturated heterocycles. The molecule has 6 heteroatoms. The van der Waals surface area contributed by atoms with Crippen LogP contribution in [-0.4, -0.2) is 21.0 Å². The molecule has 0 aliphatic heterocycles. The fourth-order valence-corrected chi connectivity index (χ4v) is 2.35. The van der Waals surface area contributed by atoms with E-state index < -0.39 is 5.97 Å². The number of carboxylic acids is 1. The number of fused-ring (bicyclic) bond motifs is 1. The fourth-order valence-electron chi connectivity index (χ4n) is 2.35. The van der Waals surface area contributed by atoms with Crippen molar-refractivity contribution in [1.29, 1.82) is 5.26 Å². The van der Waals surface area contributed by atoms with E-state index in [1.165, 1.54) is 18.5 Å². The van der Waals surface area contributed by atoms with Gasteiger partial charge in [-0.25, -0.2) is 9.78 Å². The van der Waals surface area contributed by atoms with Crippen molar-refractivity contribution < 1.29 is 14.6 Å². The number of hydrogen-bond acceptors (Lipinski definition) is 5. The summed E-state index contributed by atoms with van der Waals surface area (Å²) in [7, 11) is 0. The Kier molecular flexibility index (Phi) is 3.24. The van der Waals surface area contributed by atoms with Crippen molar-refractivity contribution in [3.05, 3.63) is 46.9 Å². The summed E-state index contributed by atoms with van der Waals surface area (Å²) < 4.78 is 5.54. The normalized spacial score (nSPS) is 12.5. The van der Waals surface area contributed by atoms with Gasteiger partial charge in [-0.15, -0.1) is 0 Å². The summed E-state index contributed by atoms with van der Waals surface area (Å²) in [6, 6.07) is 5.15. The van der Waals surface area contributed by atoms with Gasteiger partial charge in [0.25, 0.3) is 0 Å². The van der Waals surface area contributed by atoms with E-state index in [0.717, 1.165) is 30.5 Å². The van der Waals surface area contributed by atoms with Crippen molar-refractivity contribution in [2.75, 3.05) is 0 Å². The van der Waals surface area contributed by atoms with E-state index in [1.807, 2.05) is 6.07 Å². The molecule has 1 aliphatic carbocycles. The molecule has 1 N–H and O–H groups in total. The second kappa shape index (κ2) is 5.21. The quantitative estimate of drug-likeness (QED) is 0.927. The minimum Gasteiger partial charge on any atom is -0.478 e. The number of hydrogen-bond donors (Lipinski definition) is 1. The van der Waals surface area contributed by atoms with Gasteiger partial charge in [0.15, 0.2) is 5.75 Å². The van der Waals surface area contributed by atoms with E-state index in [4.69, 9.17) is 9.84 Å². The smallest absolute Gasteiger partial charge is 0.339 e. The minimum absolute atomic E-state index is 0.0174. The highest BCUT2D eigenvalue weighted by Gasteiger charge is 2.19. The van der Waals surface area contributed by atoms with E-state index in [2.05, 4.69) is 9.97 Å². The summed E-state index contributed by atoms with van der Waals surface area (Å²) in [5.74, 6) is -0.910. The lowest BCUT2D eigenvalue weighted by Gasteiger charge is -2.10. The number of aromatic nitrogens is 2. The molecule has 2 aromatic rings. The monoisotopic (exact) mass is 281 g/mol. The molecule has 104 valence electrons. The van der Waals surface area contributed by atoms with Gasteiger partial charge in [0.2, 0.25) is 5.88 Å². The molecule has 0 unspecified atom stereocenters. The Balaban J connectivity index is 2.03. The molecule has 1 aliphatic rings. The van der Waals surface area contributed by atoms with Crippen LogP contribution in [0.15, 0.2) is 24.5 Å². The maximum absolute atomic E-state index is 11.2. The molecule has 2 aromatic heterocycles. The topological polar surface area (TPSA) is 96.1 Å². The molecule has 0 atom stereocenters. The Bertz CT molecular complexity index is 765. The average molecular weight is 281 g/mol. The van der Waals surface area contributed by atoms with E-state index in [-0.39, 0.29) is 17.2 Å². The van der Waals surface area contributed by atoms with E-state index >= 15 is 0 Å². The highest BCUT2D eigenvalue weighted by molar-refractivity contribution is 5.90. The first-order valence-electron chi connectivity index (χ1n) is 6.47. The van der Waals surface area contributed by atoms with Crippen molar-refractivity contribution in [2.24, 2.45) is 0 Å². The summed E-state index contributed by atoms with van der Waals surface area (Å²) in [5.41, 5.74) is 2.25. The van der Waals surface area contributed by atoms with Gasteiger partial charge in [0.1, 0.15) is 17.2 Å². The zero-order valence-electron chi connectivity index (χ0n) is 11.0. The van der Waals surface area contributed by atoms with Crippen LogP contribution in [0.4, 0.5) is 0 Å². The van der Waals surface area contributed by atoms with Crippen LogP contribution in [0.25, 0.3) is 0 Å². The van der Waals surface area contributed by atoms with Crippen molar-refractivity contribution in [3.8, 4) is 17.7 Å². The molecule has 0 bridgehead atoms. The summed E-state index contributed by atoms with van der Waals surface area (Å²) in [5, 5.41) is 18.3. The number of aromatic carboxylic acids is 1. The summed E-state index contributed by atoms with van der Waals surface area (Å²) >= 11 is 0. The summed E-state index contributed by atoms with van der Waals surface area (Å²) in [4.78, 5) is 19.4. The highest BCUT2D eigenvalue weighted by Crippen LogP contribution is 2.30. The lowest BCUT2D eigenvalue weighted by atomic mass is 10.1. The second-order valence-corrected chi connectivity index (χ2v) is 4.69. The molecule has 3 rings (SSSR count). The third-order valence-electron chi connectivity index (χ3n) is 3.36. The third-order valence-corrected chi connectivity index (χ3v) is 3.36. The van der Waals surface area contributed by atoms with Gasteiger partial charge in [-0.2, -0.15) is 5.26 Å². The van der Waals surface area contributed by atoms with Crippen LogP contribution >= 0.6 is 0 Å². The molecule has 0 radical (unpaired) electrons. The average Bonchev–Trinajstić information content (AvgIpc) is 2.94. The largest absolute Gasteiger partial charge is 0.478 e. The maximum atomic E-state index is 11.2. The Hall–Kier alpha value is -2.94. The first-order chi connectivity index (χ1) is 10.2. The number of rotatable bonds is 3. The lowest BCUT2D eigenvalue weighted by molar-refractivity contribution is 0.0694. The fraction of sp³-hybridized carbons (Fsp3) is 0.200. The predicted molar refractivity (Wildman–Crippen MR) is 72.2 cm³/mol. The minimum atomic E-state index is -1.12. The Morgan fingerprint density at radius 3 is 3.05 bits per heavy atom. The molecule has 6 nitrogen and oxygen atoms in total. The number of aryl methyl sites for hydroxylation is 2. The Labute approximate surface area is 120 Å². The van der Waals surface area contributed by atoms with E-state index in [9.17, 15) is 10.1 Å². The van der Waals surface area contributed by atoms with Gasteiger partial charge in [0, 0.05) is 11.9 Å². The first kappa shape index (κ1) is 13.1. The van der Waals surface area contributed by atoms with Gasteiger partial charge in [-0.1, -0.05) is 0 Å². The number of carboxylic acid groups (broad SMARTS) is 1. The van der Waals surface area contributed by atoms with Gasteiger partial charge in [0.05, 0.1) is 6.20 Å². The van der Waals surface area contributed by atoms with Crippen molar-refractivity contribution in [2.45, 2.75) is 19.3 Å². The predicted octanol–water partition coefficient (Wildman–Crippen LogP) is 2.33. The van der Waals surface area contributed by atoms with Crippen LogP contribution in [-0.2, 0) is 12.8 Å². The zero-order chi connectivity index (χ0) is 14.8. The molecule has 0 fully saturated rings. The first-order valence-corrected chi connectivity index (χ1v) is 6.47. The summed E-state index contributed by atoms with van der Waals surface area (Å²) in [6.45, 7) is 0. The van der Waals surface area contributed by atoms with Gasteiger partial charge in [-0.05, 0) is 37.0 Å².